The Bertz CT molecular complexity index is 1340. The van der Waals surface area contributed by atoms with E-state index < -0.39 is 18.1 Å². The van der Waals surface area contributed by atoms with Crippen LogP contribution in [0.4, 0.5) is 10.1 Å². The molecule has 184 valence electrons. The molecule has 0 aliphatic carbocycles. The van der Waals surface area contributed by atoms with Gasteiger partial charge in [0.15, 0.2) is 0 Å². The number of anilines is 1. The molecule has 2 aromatic heterocycles. The Morgan fingerprint density at radius 1 is 1.22 bits per heavy atom. The summed E-state index contributed by atoms with van der Waals surface area (Å²) in [4.78, 5) is 37.0. The van der Waals surface area contributed by atoms with Gasteiger partial charge in [0.25, 0.3) is 5.91 Å². The van der Waals surface area contributed by atoms with Crippen molar-refractivity contribution in [1.29, 1.82) is 5.26 Å². The minimum Gasteiger partial charge on any atom is -0.380 e. The van der Waals surface area contributed by atoms with Crippen LogP contribution in [-0.2, 0) is 4.79 Å². The standard InChI is InChI=1S/C26H26FN7O2/c27-17-10-19(11-28)34(13-17)24(35)15-33-9-7-18(14-33)31-23-6-4-21(26(29)36)25-20(23)3-5-22(32-25)16-2-1-8-30-12-16/h1-6,8,12,17-19,31H,7,9-10,13-15H2,(H2,29,36)/t17-,18-,19-/m0/s1. The van der Waals surface area contributed by atoms with Crippen LogP contribution in [0.5, 0.6) is 0 Å². The molecule has 1 aromatic carbocycles. The van der Waals surface area contributed by atoms with E-state index in [1.165, 1.54) is 4.90 Å². The van der Waals surface area contributed by atoms with Gasteiger partial charge in [-0.1, -0.05) is 0 Å². The summed E-state index contributed by atoms with van der Waals surface area (Å²) in [6.45, 7) is 1.46. The molecule has 36 heavy (non-hydrogen) atoms. The van der Waals surface area contributed by atoms with Crippen molar-refractivity contribution >= 4 is 28.4 Å². The molecule has 5 rings (SSSR count). The number of hydrogen-bond acceptors (Lipinski definition) is 7. The van der Waals surface area contributed by atoms with E-state index in [4.69, 9.17) is 10.7 Å². The lowest BCUT2D eigenvalue weighted by molar-refractivity contribution is -0.132. The van der Waals surface area contributed by atoms with Crippen molar-refractivity contribution in [3.63, 3.8) is 0 Å². The van der Waals surface area contributed by atoms with Crippen molar-refractivity contribution < 1.29 is 14.0 Å². The maximum atomic E-state index is 13.7. The molecule has 2 fully saturated rings. The minimum absolute atomic E-state index is 0.0151. The maximum absolute atomic E-state index is 13.7. The monoisotopic (exact) mass is 487 g/mol. The van der Waals surface area contributed by atoms with Crippen molar-refractivity contribution in [2.24, 2.45) is 5.73 Å². The number of nitriles is 1. The third-order valence-corrected chi connectivity index (χ3v) is 6.79. The Hall–Kier alpha value is -4.10. The molecular formula is C26H26FN7O2. The number of benzene rings is 1. The van der Waals surface area contributed by atoms with Crippen molar-refractivity contribution in [2.45, 2.75) is 31.1 Å². The zero-order valence-electron chi connectivity index (χ0n) is 19.6. The van der Waals surface area contributed by atoms with Crippen LogP contribution < -0.4 is 11.1 Å². The molecule has 4 heterocycles. The summed E-state index contributed by atoms with van der Waals surface area (Å²) >= 11 is 0. The van der Waals surface area contributed by atoms with Crippen molar-refractivity contribution in [3.8, 4) is 17.3 Å². The number of aromatic nitrogens is 2. The SMILES string of the molecule is N#C[C@@H]1C[C@H](F)CN1C(=O)CN1CC[C@H](Nc2ccc(C(N)=O)c3nc(-c4cccnc4)ccc23)C1. The minimum atomic E-state index is -1.14. The molecule has 2 amide bonds. The highest BCUT2D eigenvalue weighted by atomic mass is 19.1. The van der Waals surface area contributed by atoms with E-state index in [1.54, 1.807) is 18.5 Å². The molecule has 3 aromatic rings. The van der Waals surface area contributed by atoms with Crippen LogP contribution in [0.3, 0.4) is 0 Å². The lowest BCUT2D eigenvalue weighted by Gasteiger charge is -2.23. The fraction of sp³-hybridized carbons (Fsp3) is 0.346. The van der Waals surface area contributed by atoms with Gasteiger partial charge in [0.2, 0.25) is 5.91 Å². The zero-order valence-corrected chi connectivity index (χ0v) is 19.6. The molecule has 0 spiro atoms. The molecule has 9 nitrogen and oxygen atoms in total. The molecule has 0 bridgehead atoms. The first-order chi connectivity index (χ1) is 17.4. The summed E-state index contributed by atoms with van der Waals surface area (Å²) in [5.41, 5.74) is 8.82. The smallest absolute Gasteiger partial charge is 0.250 e. The lowest BCUT2D eigenvalue weighted by Crippen LogP contribution is -2.42. The van der Waals surface area contributed by atoms with Gasteiger partial charge in [-0.15, -0.1) is 0 Å². The quantitative estimate of drug-likeness (QED) is 0.546. The topological polar surface area (TPSA) is 128 Å². The van der Waals surface area contributed by atoms with E-state index in [2.05, 4.69) is 10.3 Å². The van der Waals surface area contributed by atoms with Gasteiger partial charge in [-0.3, -0.25) is 19.5 Å². The third kappa shape index (κ3) is 4.70. The van der Waals surface area contributed by atoms with E-state index in [-0.39, 0.29) is 31.5 Å². The van der Waals surface area contributed by atoms with Crippen molar-refractivity contribution in [3.05, 3.63) is 54.4 Å². The highest BCUT2D eigenvalue weighted by molar-refractivity contribution is 6.08. The Kier molecular flexibility index (Phi) is 6.48. The number of fused-ring (bicyclic) bond motifs is 1. The molecule has 10 heteroatoms. The summed E-state index contributed by atoms with van der Waals surface area (Å²) in [7, 11) is 0. The van der Waals surface area contributed by atoms with Crippen LogP contribution in [-0.4, -0.2) is 76.0 Å². The number of likely N-dealkylation sites (tertiary alicyclic amines) is 2. The Labute approximate surface area is 207 Å². The molecule has 3 atom stereocenters. The molecule has 2 saturated heterocycles. The first-order valence-corrected chi connectivity index (χ1v) is 11.9. The van der Waals surface area contributed by atoms with E-state index in [0.29, 0.717) is 29.9 Å². The zero-order chi connectivity index (χ0) is 25.2. The average molecular weight is 488 g/mol. The fourth-order valence-corrected chi connectivity index (χ4v) is 5.00. The van der Waals surface area contributed by atoms with E-state index >= 15 is 0 Å². The predicted molar refractivity (Wildman–Crippen MR) is 133 cm³/mol. The first kappa shape index (κ1) is 23.6. The van der Waals surface area contributed by atoms with Crippen molar-refractivity contribution in [1.82, 2.24) is 19.8 Å². The van der Waals surface area contributed by atoms with Gasteiger partial charge in [0.05, 0.1) is 35.9 Å². The molecule has 2 aliphatic rings. The van der Waals surface area contributed by atoms with Crippen molar-refractivity contribution in [2.75, 3.05) is 31.5 Å². The van der Waals surface area contributed by atoms with Crippen LogP contribution >= 0.6 is 0 Å². The summed E-state index contributed by atoms with van der Waals surface area (Å²) in [6.07, 6.45) is 3.14. The average Bonchev–Trinajstić information content (AvgIpc) is 3.49. The van der Waals surface area contributed by atoms with Gasteiger partial charge < -0.3 is 16.0 Å². The van der Waals surface area contributed by atoms with Gasteiger partial charge in [-0.05, 0) is 42.8 Å². The molecule has 0 radical (unpaired) electrons. The van der Waals surface area contributed by atoms with Gasteiger partial charge in [0.1, 0.15) is 12.2 Å². The fourth-order valence-electron chi connectivity index (χ4n) is 5.00. The highest BCUT2D eigenvalue weighted by Gasteiger charge is 2.36. The van der Waals surface area contributed by atoms with Gasteiger partial charge in [-0.2, -0.15) is 5.26 Å². The lowest BCUT2D eigenvalue weighted by atomic mass is 10.0. The number of alkyl halides is 1. The summed E-state index contributed by atoms with van der Waals surface area (Å²) in [5, 5.41) is 13.5. The molecular weight excluding hydrogens is 461 g/mol. The first-order valence-electron chi connectivity index (χ1n) is 11.9. The number of carbonyl (C=O) groups excluding carboxylic acids is 2. The number of carbonyl (C=O) groups is 2. The summed E-state index contributed by atoms with van der Waals surface area (Å²) in [6, 6.07) is 12.4. The number of hydrogen-bond donors (Lipinski definition) is 2. The second-order valence-electron chi connectivity index (χ2n) is 9.25. The molecule has 3 N–H and O–H groups in total. The maximum Gasteiger partial charge on any atom is 0.250 e. The summed E-state index contributed by atoms with van der Waals surface area (Å²) in [5.74, 6) is -0.771. The number of amides is 2. The van der Waals surface area contributed by atoms with Crippen LogP contribution in [0, 0.1) is 11.3 Å². The van der Waals surface area contributed by atoms with E-state index in [1.807, 2.05) is 41.3 Å². The molecule has 2 aliphatic heterocycles. The Balaban J connectivity index is 1.32. The Morgan fingerprint density at radius 2 is 2.08 bits per heavy atom. The summed E-state index contributed by atoms with van der Waals surface area (Å²) < 4.78 is 13.7. The number of nitrogens with zero attached hydrogens (tertiary/aromatic N) is 5. The van der Waals surface area contributed by atoms with Crippen LogP contribution in [0.1, 0.15) is 23.2 Å². The number of halogens is 1. The number of nitrogens with two attached hydrogens (primary N) is 1. The highest BCUT2D eigenvalue weighted by Crippen LogP contribution is 2.30. The van der Waals surface area contributed by atoms with Crippen LogP contribution in [0.25, 0.3) is 22.2 Å². The second kappa shape index (κ2) is 9.87. The van der Waals surface area contributed by atoms with Crippen LogP contribution in [0.2, 0.25) is 0 Å². The number of rotatable bonds is 6. The third-order valence-electron chi connectivity index (χ3n) is 6.79. The Morgan fingerprint density at radius 3 is 2.83 bits per heavy atom. The van der Waals surface area contributed by atoms with E-state index in [0.717, 1.165) is 23.1 Å². The molecule has 0 saturated carbocycles. The molecule has 0 unspecified atom stereocenters. The predicted octanol–water partition coefficient (Wildman–Crippen LogP) is 2.34. The number of nitrogens with one attached hydrogen (secondary N) is 1. The second-order valence-corrected chi connectivity index (χ2v) is 9.25. The number of pyridine rings is 2. The van der Waals surface area contributed by atoms with Gasteiger partial charge in [0, 0.05) is 54.6 Å². The largest absolute Gasteiger partial charge is 0.380 e. The van der Waals surface area contributed by atoms with Gasteiger partial charge in [-0.25, -0.2) is 9.37 Å². The normalized spacial score (nSPS) is 22.0. The van der Waals surface area contributed by atoms with Gasteiger partial charge >= 0.3 is 0 Å². The van der Waals surface area contributed by atoms with E-state index in [9.17, 15) is 19.2 Å². The van der Waals surface area contributed by atoms with Crippen LogP contribution in [0.15, 0.2) is 48.8 Å². The number of primary amides is 1.